The molecule has 0 N–H and O–H groups in total. The zero-order valence-corrected chi connectivity index (χ0v) is 14.5. The number of nitrogens with zero attached hydrogens (tertiary/aromatic N) is 2. The lowest BCUT2D eigenvalue weighted by Gasteiger charge is -2.32. The van der Waals surface area contributed by atoms with Crippen molar-refractivity contribution in [2.24, 2.45) is 0 Å². The molecule has 8 heteroatoms. The molecule has 0 radical (unpaired) electrons. The predicted octanol–water partition coefficient (Wildman–Crippen LogP) is 0.863. The van der Waals surface area contributed by atoms with Crippen molar-refractivity contribution < 1.29 is 22.7 Å². The lowest BCUT2D eigenvalue weighted by molar-refractivity contribution is -0.140. The van der Waals surface area contributed by atoms with E-state index in [9.17, 15) is 13.2 Å². The van der Waals surface area contributed by atoms with Crippen LogP contribution in [0, 0.1) is 0 Å². The standard InChI is InChI=1S/C13H28N2O5S/c1-6-12(7-2)15(10-11-19-4)21(17,18)14(3)9-8-13(16)20-5/h12H,6-11H2,1-5H3. The first kappa shape index (κ1) is 20.3. The number of carbonyl (C=O) groups excluding carboxylic acids is 1. The SMILES string of the molecule is CCC(CC)N(CCOC)S(=O)(=O)N(C)CCC(=O)OC. The molecule has 0 saturated carbocycles. The summed E-state index contributed by atoms with van der Waals surface area (Å²) in [6.45, 7) is 4.64. The molecular formula is C13H28N2O5S. The molecule has 0 bridgehead atoms. The molecule has 0 atom stereocenters. The molecule has 0 saturated heterocycles. The third-order valence-corrected chi connectivity index (χ3v) is 5.46. The zero-order valence-electron chi connectivity index (χ0n) is 13.7. The van der Waals surface area contributed by atoms with Gasteiger partial charge in [-0.25, -0.2) is 0 Å². The van der Waals surface area contributed by atoms with Crippen molar-refractivity contribution in [3.05, 3.63) is 0 Å². The van der Waals surface area contributed by atoms with Crippen LogP contribution in [-0.4, -0.2) is 70.0 Å². The quantitative estimate of drug-likeness (QED) is 0.527. The Morgan fingerprint density at radius 3 is 2.14 bits per heavy atom. The molecule has 0 heterocycles. The fourth-order valence-corrected chi connectivity index (χ4v) is 3.67. The van der Waals surface area contributed by atoms with E-state index in [2.05, 4.69) is 4.74 Å². The molecule has 0 spiro atoms. The highest BCUT2D eigenvalue weighted by molar-refractivity contribution is 7.86. The topological polar surface area (TPSA) is 76.2 Å². The molecule has 21 heavy (non-hydrogen) atoms. The number of hydrogen-bond acceptors (Lipinski definition) is 5. The first-order chi connectivity index (χ1) is 9.84. The van der Waals surface area contributed by atoms with E-state index in [0.29, 0.717) is 13.2 Å². The summed E-state index contributed by atoms with van der Waals surface area (Å²) in [6.07, 6.45) is 1.49. The van der Waals surface area contributed by atoms with Crippen LogP contribution in [0.4, 0.5) is 0 Å². The van der Waals surface area contributed by atoms with Gasteiger partial charge in [0.05, 0.1) is 20.1 Å². The summed E-state index contributed by atoms with van der Waals surface area (Å²) in [7, 11) is 0.675. The van der Waals surface area contributed by atoms with E-state index >= 15 is 0 Å². The Labute approximate surface area is 128 Å². The highest BCUT2D eigenvalue weighted by Crippen LogP contribution is 2.16. The fraction of sp³-hybridized carbons (Fsp3) is 0.923. The molecule has 0 aliphatic heterocycles. The van der Waals surface area contributed by atoms with Gasteiger partial charge in [-0.3, -0.25) is 4.79 Å². The van der Waals surface area contributed by atoms with Crippen LogP contribution in [0.1, 0.15) is 33.1 Å². The highest BCUT2D eigenvalue weighted by Gasteiger charge is 2.31. The van der Waals surface area contributed by atoms with Crippen LogP contribution in [0.5, 0.6) is 0 Å². The Balaban J connectivity index is 5.01. The van der Waals surface area contributed by atoms with Crippen LogP contribution in [0.3, 0.4) is 0 Å². The van der Waals surface area contributed by atoms with Crippen LogP contribution in [0.25, 0.3) is 0 Å². The lowest BCUT2D eigenvalue weighted by atomic mass is 10.2. The molecule has 0 aromatic heterocycles. The first-order valence-electron chi connectivity index (χ1n) is 7.13. The van der Waals surface area contributed by atoms with E-state index in [1.54, 1.807) is 7.11 Å². The van der Waals surface area contributed by atoms with Gasteiger partial charge in [-0.1, -0.05) is 13.8 Å². The van der Waals surface area contributed by atoms with E-state index in [1.165, 1.54) is 22.8 Å². The third kappa shape index (κ3) is 6.29. The summed E-state index contributed by atoms with van der Waals surface area (Å²) in [5.74, 6) is -0.428. The van der Waals surface area contributed by atoms with Crippen molar-refractivity contribution >= 4 is 16.2 Å². The average Bonchev–Trinajstić information content (AvgIpc) is 2.48. The maximum absolute atomic E-state index is 12.6. The second kappa shape index (κ2) is 10.1. The minimum Gasteiger partial charge on any atom is -0.469 e. The van der Waals surface area contributed by atoms with Crippen molar-refractivity contribution in [2.75, 3.05) is 41.0 Å². The van der Waals surface area contributed by atoms with Gasteiger partial charge in [0, 0.05) is 33.3 Å². The number of carbonyl (C=O) groups is 1. The maximum atomic E-state index is 12.6. The van der Waals surface area contributed by atoms with Gasteiger partial charge in [-0.15, -0.1) is 0 Å². The van der Waals surface area contributed by atoms with Gasteiger partial charge in [0.15, 0.2) is 0 Å². The molecule has 126 valence electrons. The van der Waals surface area contributed by atoms with Crippen LogP contribution in [-0.2, 0) is 24.5 Å². The maximum Gasteiger partial charge on any atom is 0.306 e. The van der Waals surface area contributed by atoms with E-state index in [1.807, 2.05) is 13.8 Å². The van der Waals surface area contributed by atoms with Gasteiger partial charge in [-0.2, -0.15) is 17.0 Å². The van der Waals surface area contributed by atoms with Crippen molar-refractivity contribution in [1.29, 1.82) is 0 Å². The highest BCUT2D eigenvalue weighted by atomic mass is 32.2. The zero-order chi connectivity index (χ0) is 16.5. The van der Waals surface area contributed by atoms with E-state index in [4.69, 9.17) is 4.74 Å². The Kier molecular flexibility index (Phi) is 9.76. The van der Waals surface area contributed by atoms with Gasteiger partial charge in [0.25, 0.3) is 10.2 Å². The molecule has 0 aromatic rings. The average molecular weight is 324 g/mol. The summed E-state index contributed by atoms with van der Waals surface area (Å²) in [4.78, 5) is 11.2. The minimum absolute atomic E-state index is 0.0350. The molecule has 0 aliphatic carbocycles. The second-order valence-corrected chi connectivity index (χ2v) is 6.72. The smallest absolute Gasteiger partial charge is 0.306 e. The number of esters is 1. The van der Waals surface area contributed by atoms with Crippen molar-refractivity contribution in [1.82, 2.24) is 8.61 Å². The molecule has 7 nitrogen and oxygen atoms in total. The third-order valence-electron chi connectivity index (χ3n) is 3.41. The van der Waals surface area contributed by atoms with Gasteiger partial charge >= 0.3 is 5.97 Å². The number of hydrogen-bond donors (Lipinski definition) is 0. The van der Waals surface area contributed by atoms with Crippen molar-refractivity contribution in [3.63, 3.8) is 0 Å². The van der Waals surface area contributed by atoms with Gasteiger partial charge < -0.3 is 9.47 Å². The largest absolute Gasteiger partial charge is 0.469 e. The summed E-state index contributed by atoms with van der Waals surface area (Å²) in [6, 6.07) is -0.0780. The lowest BCUT2D eigenvalue weighted by Crippen LogP contribution is -2.48. The molecule has 0 fully saturated rings. The molecule has 0 aliphatic rings. The van der Waals surface area contributed by atoms with Crippen LogP contribution >= 0.6 is 0 Å². The molecule has 0 aromatic carbocycles. The summed E-state index contributed by atoms with van der Waals surface area (Å²) in [5, 5.41) is 0. The second-order valence-electron chi connectivity index (χ2n) is 4.73. The predicted molar refractivity (Wildman–Crippen MR) is 81.1 cm³/mol. The monoisotopic (exact) mass is 324 g/mol. The minimum atomic E-state index is -3.62. The fourth-order valence-electron chi connectivity index (χ4n) is 2.01. The molecule has 0 rings (SSSR count). The summed E-state index contributed by atoms with van der Waals surface area (Å²) in [5.41, 5.74) is 0. The normalized spacial score (nSPS) is 12.4. The van der Waals surface area contributed by atoms with Crippen LogP contribution in [0.2, 0.25) is 0 Å². The first-order valence-corrected chi connectivity index (χ1v) is 8.53. The van der Waals surface area contributed by atoms with Crippen LogP contribution < -0.4 is 0 Å². The van der Waals surface area contributed by atoms with E-state index in [0.717, 1.165) is 12.8 Å². The van der Waals surface area contributed by atoms with Gasteiger partial charge in [0.1, 0.15) is 0 Å². The Morgan fingerprint density at radius 2 is 1.71 bits per heavy atom. The van der Waals surface area contributed by atoms with Crippen molar-refractivity contribution in [3.8, 4) is 0 Å². The molecule has 0 amide bonds. The van der Waals surface area contributed by atoms with Crippen molar-refractivity contribution in [2.45, 2.75) is 39.2 Å². The molecule has 0 unspecified atom stereocenters. The number of rotatable bonds is 11. The van der Waals surface area contributed by atoms with Crippen LogP contribution in [0.15, 0.2) is 0 Å². The molecular weight excluding hydrogens is 296 g/mol. The van der Waals surface area contributed by atoms with Gasteiger partial charge in [0.2, 0.25) is 0 Å². The van der Waals surface area contributed by atoms with Gasteiger partial charge in [-0.05, 0) is 12.8 Å². The number of methoxy groups -OCH3 is 2. The Hall–Kier alpha value is -0.700. The Bertz CT molecular complexity index is 395. The summed E-state index contributed by atoms with van der Waals surface area (Å²) >= 11 is 0. The number of ether oxygens (including phenoxy) is 2. The van der Waals surface area contributed by atoms with E-state index < -0.39 is 16.2 Å². The summed E-state index contributed by atoms with van der Waals surface area (Å²) < 4.78 is 37.5. The Morgan fingerprint density at radius 1 is 1.14 bits per heavy atom. The van der Waals surface area contributed by atoms with E-state index in [-0.39, 0.29) is 19.0 Å².